The first-order valence-electron chi connectivity index (χ1n) is 5.08. The van der Waals surface area contributed by atoms with Gasteiger partial charge >= 0.3 is 0 Å². The molecule has 1 saturated heterocycles. The molecule has 4 heteroatoms. The van der Waals surface area contributed by atoms with Crippen LogP contribution < -0.4 is 0 Å². The number of hydrogen-bond acceptors (Lipinski definition) is 4. The number of hydrogen-bond donors (Lipinski definition) is 1. The van der Waals surface area contributed by atoms with E-state index in [4.69, 9.17) is 14.2 Å². The molecule has 0 aromatic carbocycles. The van der Waals surface area contributed by atoms with Gasteiger partial charge in [-0.3, -0.25) is 0 Å². The van der Waals surface area contributed by atoms with Gasteiger partial charge in [0.1, 0.15) is 0 Å². The summed E-state index contributed by atoms with van der Waals surface area (Å²) in [5.41, 5.74) is -0.0485. The van der Waals surface area contributed by atoms with E-state index in [1.807, 2.05) is 0 Å². The molecular formula is C10H20O4. The third-order valence-corrected chi connectivity index (χ3v) is 2.73. The van der Waals surface area contributed by atoms with Gasteiger partial charge < -0.3 is 19.3 Å². The molecule has 0 radical (unpaired) electrons. The second kappa shape index (κ2) is 6.35. The molecule has 14 heavy (non-hydrogen) atoms. The minimum absolute atomic E-state index is 0.0485. The zero-order valence-electron chi connectivity index (χ0n) is 8.83. The van der Waals surface area contributed by atoms with E-state index in [1.54, 1.807) is 7.11 Å². The van der Waals surface area contributed by atoms with Crippen molar-refractivity contribution in [3.8, 4) is 0 Å². The van der Waals surface area contributed by atoms with Crippen molar-refractivity contribution in [3.05, 3.63) is 0 Å². The van der Waals surface area contributed by atoms with E-state index in [9.17, 15) is 5.11 Å². The van der Waals surface area contributed by atoms with Gasteiger partial charge in [-0.1, -0.05) is 0 Å². The average molecular weight is 204 g/mol. The summed E-state index contributed by atoms with van der Waals surface area (Å²) in [7, 11) is 1.66. The van der Waals surface area contributed by atoms with Crippen LogP contribution in [0, 0.1) is 5.41 Å². The molecule has 0 aromatic rings. The fourth-order valence-corrected chi connectivity index (χ4v) is 1.58. The molecule has 0 amide bonds. The van der Waals surface area contributed by atoms with Crippen molar-refractivity contribution in [2.45, 2.75) is 12.8 Å². The van der Waals surface area contributed by atoms with Crippen LogP contribution in [-0.4, -0.2) is 51.9 Å². The van der Waals surface area contributed by atoms with Crippen LogP contribution in [0.3, 0.4) is 0 Å². The standard InChI is InChI=1S/C10H20O4/c1-12-6-7-13-4-2-10(8-11)3-5-14-9-10/h11H,2-9H2,1H3. The predicted molar refractivity (Wildman–Crippen MR) is 52.3 cm³/mol. The van der Waals surface area contributed by atoms with Crippen LogP contribution in [0.5, 0.6) is 0 Å². The first kappa shape index (κ1) is 11.9. The predicted octanol–water partition coefficient (Wildman–Crippen LogP) is 0.438. The third-order valence-electron chi connectivity index (χ3n) is 2.73. The minimum Gasteiger partial charge on any atom is -0.396 e. The summed E-state index contributed by atoms with van der Waals surface area (Å²) >= 11 is 0. The number of aliphatic hydroxyl groups is 1. The maximum atomic E-state index is 9.26. The molecule has 1 rings (SSSR count). The van der Waals surface area contributed by atoms with Crippen LogP contribution >= 0.6 is 0 Å². The molecule has 1 N–H and O–H groups in total. The highest BCUT2D eigenvalue weighted by molar-refractivity contribution is 4.82. The number of aliphatic hydroxyl groups excluding tert-OH is 1. The van der Waals surface area contributed by atoms with Crippen LogP contribution in [0.4, 0.5) is 0 Å². The fourth-order valence-electron chi connectivity index (χ4n) is 1.58. The molecule has 0 spiro atoms. The molecule has 0 aliphatic carbocycles. The van der Waals surface area contributed by atoms with Gasteiger partial charge in [0.2, 0.25) is 0 Å². The SMILES string of the molecule is COCCOCCC1(CO)CCOC1. The van der Waals surface area contributed by atoms with E-state index in [0.717, 1.165) is 19.4 Å². The van der Waals surface area contributed by atoms with Gasteiger partial charge in [-0.2, -0.15) is 0 Å². The van der Waals surface area contributed by atoms with E-state index >= 15 is 0 Å². The maximum absolute atomic E-state index is 9.26. The molecule has 4 nitrogen and oxygen atoms in total. The second-order valence-corrected chi connectivity index (χ2v) is 3.82. The summed E-state index contributed by atoms with van der Waals surface area (Å²) in [6.45, 7) is 3.55. The summed E-state index contributed by atoms with van der Waals surface area (Å²) < 4.78 is 15.5. The monoisotopic (exact) mass is 204 g/mol. The van der Waals surface area contributed by atoms with Gasteiger partial charge in [0.15, 0.2) is 0 Å². The maximum Gasteiger partial charge on any atom is 0.0700 e. The highest BCUT2D eigenvalue weighted by atomic mass is 16.5. The average Bonchev–Trinajstić information content (AvgIpc) is 2.67. The second-order valence-electron chi connectivity index (χ2n) is 3.82. The molecular weight excluding hydrogens is 184 g/mol. The van der Waals surface area contributed by atoms with E-state index < -0.39 is 0 Å². The van der Waals surface area contributed by atoms with Crippen molar-refractivity contribution in [2.75, 3.05) is 46.8 Å². The van der Waals surface area contributed by atoms with E-state index in [0.29, 0.717) is 26.4 Å². The smallest absolute Gasteiger partial charge is 0.0700 e. The van der Waals surface area contributed by atoms with Gasteiger partial charge in [-0.05, 0) is 12.8 Å². The molecule has 1 fully saturated rings. The van der Waals surface area contributed by atoms with Gasteiger partial charge in [-0.25, -0.2) is 0 Å². The number of ether oxygens (including phenoxy) is 3. The molecule has 1 unspecified atom stereocenters. The Kier molecular flexibility index (Phi) is 5.40. The molecule has 84 valence electrons. The first-order chi connectivity index (χ1) is 6.83. The summed E-state index contributed by atoms with van der Waals surface area (Å²) in [4.78, 5) is 0. The Labute approximate surface area is 85.2 Å². The Morgan fingerprint density at radius 2 is 2.21 bits per heavy atom. The molecule has 1 aliphatic heterocycles. The minimum atomic E-state index is -0.0485. The zero-order valence-corrected chi connectivity index (χ0v) is 8.83. The van der Waals surface area contributed by atoms with Crippen LogP contribution in [0.1, 0.15) is 12.8 Å². The van der Waals surface area contributed by atoms with E-state index in [2.05, 4.69) is 0 Å². The molecule has 1 aliphatic rings. The Bertz CT molecular complexity index is 143. The molecule has 1 atom stereocenters. The van der Waals surface area contributed by atoms with E-state index in [1.165, 1.54) is 0 Å². The van der Waals surface area contributed by atoms with Crippen LogP contribution in [0.15, 0.2) is 0 Å². The Morgan fingerprint density at radius 1 is 1.36 bits per heavy atom. The lowest BCUT2D eigenvalue weighted by molar-refractivity contribution is 0.0279. The Hall–Kier alpha value is -0.160. The van der Waals surface area contributed by atoms with Crippen molar-refractivity contribution in [2.24, 2.45) is 5.41 Å². The van der Waals surface area contributed by atoms with Crippen LogP contribution in [-0.2, 0) is 14.2 Å². The zero-order chi connectivity index (χ0) is 10.3. The summed E-state index contributed by atoms with van der Waals surface area (Å²) in [6, 6.07) is 0. The van der Waals surface area contributed by atoms with Crippen molar-refractivity contribution in [1.29, 1.82) is 0 Å². The summed E-state index contributed by atoms with van der Waals surface area (Å²) in [5, 5.41) is 9.26. The van der Waals surface area contributed by atoms with Crippen LogP contribution in [0.25, 0.3) is 0 Å². The summed E-state index contributed by atoms with van der Waals surface area (Å²) in [5.74, 6) is 0. The van der Waals surface area contributed by atoms with Crippen molar-refractivity contribution < 1.29 is 19.3 Å². The van der Waals surface area contributed by atoms with Crippen LogP contribution in [0.2, 0.25) is 0 Å². The lowest BCUT2D eigenvalue weighted by Crippen LogP contribution is -2.27. The third kappa shape index (κ3) is 3.53. The molecule has 0 bridgehead atoms. The van der Waals surface area contributed by atoms with Gasteiger partial charge in [-0.15, -0.1) is 0 Å². The van der Waals surface area contributed by atoms with Crippen molar-refractivity contribution in [1.82, 2.24) is 0 Å². The highest BCUT2D eigenvalue weighted by Gasteiger charge is 2.33. The highest BCUT2D eigenvalue weighted by Crippen LogP contribution is 2.31. The van der Waals surface area contributed by atoms with Gasteiger partial charge in [0.25, 0.3) is 0 Å². The molecule has 0 aromatic heterocycles. The quantitative estimate of drug-likeness (QED) is 0.611. The van der Waals surface area contributed by atoms with Gasteiger partial charge in [0.05, 0.1) is 26.4 Å². The fraction of sp³-hybridized carbons (Fsp3) is 1.00. The van der Waals surface area contributed by atoms with Crippen molar-refractivity contribution in [3.63, 3.8) is 0 Å². The Balaban J connectivity index is 2.08. The number of methoxy groups -OCH3 is 1. The molecule has 0 saturated carbocycles. The molecule has 1 heterocycles. The largest absolute Gasteiger partial charge is 0.396 e. The lowest BCUT2D eigenvalue weighted by atomic mass is 9.85. The van der Waals surface area contributed by atoms with Gasteiger partial charge in [0, 0.05) is 25.7 Å². The summed E-state index contributed by atoms with van der Waals surface area (Å²) in [6.07, 6.45) is 1.81. The Morgan fingerprint density at radius 3 is 2.79 bits per heavy atom. The topological polar surface area (TPSA) is 47.9 Å². The number of rotatable bonds is 7. The lowest BCUT2D eigenvalue weighted by Gasteiger charge is -2.24. The van der Waals surface area contributed by atoms with Crippen molar-refractivity contribution >= 4 is 0 Å². The normalized spacial score (nSPS) is 27.0. The first-order valence-corrected chi connectivity index (χ1v) is 5.08. The van der Waals surface area contributed by atoms with E-state index in [-0.39, 0.29) is 12.0 Å².